The third kappa shape index (κ3) is 5.68. The number of nitrogens with zero attached hydrogens (tertiary/aromatic N) is 3. The molecule has 27 heavy (non-hydrogen) atoms. The van der Waals surface area contributed by atoms with Crippen LogP contribution in [0.4, 0.5) is 11.6 Å². The van der Waals surface area contributed by atoms with Crippen LogP contribution in [-0.4, -0.2) is 32.9 Å². The predicted molar refractivity (Wildman–Crippen MR) is 98.5 cm³/mol. The number of carbonyl (C=O) groups is 2. The van der Waals surface area contributed by atoms with Crippen molar-refractivity contribution in [2.75, 3.05) is 16.4 Å². The molecule has 3 heterocycles. The highest BCUT2D eigenvalue weighted by Crippen LogP contribution is 2.18. The minimum atomic E-state index is -0.386. The largest absolute Gasteiger partial charge is 0.459 e. The molecule has 3 aromatic rings. The number of nitrogens with one attached hydrogen (secondary N) is 2. The summed E-state index contributed by atoms with van der Waals surface area (Å²) in [4.78, 5) is 23.6. The van der Waals surface area contributed by atoms with Gasteiger partial charge in [-0.1, -0.05) is 5.16 Å². The average molecular weight is 387 g/mol. The number of aryl methyl sites for hydroxylation is 1. The van der Waals surface area contributed by atoms with E-state index >= 15 is 0 Å². The second-order valence-electron chi connectivity index (χ2n) is 5.51. The van der Waals surface area contributed by atoms with Gasteiger partial charge in [0.05, 0.1) is 6.26 Å². The smallest absolute Gasteiger partial charge is 0.292 e. The van der Waals surface area contributed by atoms with E-state index in [1.165, 1.54) is 18.0 Å². The summed E-state index contributed by atoms with van der Waals surface area (Å²) in [6.45, 7) is 1.76. The summed E-state index contributed by atoms with van der Waals surface area (Å²) in [6.07, 6.45) is 2.46. The van der Waals surface area contributed by atoms with Crippen LogP contribution in [-0.2, 0) is 4.79 Å². The fraction of sp³-hybridized carbons (Fsp3) is 0.235. The monoisotopic (exact) mass is 387 g/mol. The van der Waals surface area contributed by atoms with E-state index in [1.54, 1.807) is 37.3 Å². The molecule has 0 radical (unpaired) electrons. The molecule has 0 saturated heterocycles. The van der Waals surface area contributed by atoms with Crippen molar-refractivity contribution in [1.29, 1.82) is 0 Å². The molecule has 2 N–H and O–H groups in total. The predicted octanol–water partition coefficient (Wildman–Crippen LogP) is 3.13. The molecule has 0 aliphatic carbocycles. The van der Waals surface area contributed by atoms with E-state index in [2.05, 4.69) is 26.0 Å². The number of rotatable bonds is 8. The van der Waals surface area contributed by atoms with Gasteiger partial charge in [-0.3, -0.25) is 9.59 Å². The minimum absolute atomic E-state index is 0.119. The molecule has 0 unspecified atom stereocenters. The van der Waals surface area contributed by atoms with Gasteiger partial charge in [0.2, 0.25) is 5.91 Å². The van der Waals surface area contributed by atoms with E-state index in [9.17, 15) is 9.59 Å². The van der Waals surface area contributed by atoms with Crippen molar-refractivity contribution in [2.24, 2.45) is 0 Å². The molecular formula is C17H17N5O4S. The molecule has 0 spiro atoms. The van der Waals surface area contributed by atoms with Gasteiger partial charge in [0.25, 0.3) is 5.91 Å². The summed E-state index contributed by atoms with van der Waals surface area (Å²) in [6, 6.07) is 8.28. The number of thioether (sulfide) groups is 1. The minimum Gasteiger partial charge on any atom is -0.459 e. The Kier molecular flexibility index (Phi) is 6.21. The van der Waals surface area contributed by atoms with Gasteiger partial charge in [-0.25, -0.2) is 0 Å². The van der Waals surface area contributed by atoms with Crippen LogP contribution in [0, 0.1) is 6.92 Å². The molecule has 140 valence electrons. The maximum atomic E-state index is 11.8. The van der Waals surface area contributed by atoms with Crippen molar-refractivity contribution >= 4 is 35.2 Å². The number of amides is 2. The number of hydrogen-bond donors (Lipinski definition) is 2. The first-order valence-electron chi connectivity index (χ1n) is 8.15. The Hall–Kier alpha value is -3.14. The Morgan fingerprint density at radius 1 is 1.15 bits per heavy atom. The van der Waals surface area contributed by atoms with Crippen LogP contribution < -0.4 is 10.6 Å². The quantitative estimate of drug-likeness (QED) is 0.446. The molecule has 0 atom stereocenters. The zero-order valence-corrected chi connectivity index (χ0v) is 15.3. The van der Waals surface area contributed by atoms with Crippen LogP contribution in [0.2, 0.25) is 0 Å². The molecule has 3 aromatic heterocycles. The summed E-state index contributed by atoms with van der Waals surface area (Å²) in [7, 11) is 0. The van der Waals surface area contributed by atoms with Gasteiger partial charge in [0.15, 0.2) is 17.4 Å². The maximum absolute atomic E-state index is 11.8. The van der Waals surface area contributed by atoms with Gasteiger partial charge in [-0.2, -0.15) is 0 Å². The van der Waals surface area contributed by atoms with Crippen molar-refractivity contribution < 1.29 is 18.5 Å². The molecule has 3 rings (SSSR count). The summed E-state index contributed by atoms with van der Waals surface area (Å²) in [5, 5.41) is 17.7. The highest BCUT2D eigenvalue weighted by molar-refractivity contribution is 7.99. The van der Waals surface area contributed by atoms with Crippen molar-refractivity contribution in [3.63, 3.8) is 0 Å². The lowest BCUT2D eigenvalue weighted by atomic mass is 10.3. The molecule has 0 aliphatic rings. The first-order valence-corrected chi connectivity index (χ1v) is 9.13. The number of furan rings is 1. The first-order chi connectivity index (χ1) is 13.1. The van der Waals surface area contributed by atoms with E-state index < -0.39 is 0 Å². The van der Waals surface area contributed by atoms with E-state index in [-0.39, 0.29) is 17.6 Å². The Balaban J connectivity index is 1.37. The Morgan fingerprint density at radius 2 is 2.04 bits per heavy atom. The van der Waals surface area contributed by atoms with Gasteiger partial charge in [0.1, 0.15) is 10.8 Å². The fourth-order valence-electron chi connectivity index (χ4n) is 2.09. The Morgan fingerprint density at radius 3 is 2.70 bits per heavy atom. The second kappa shape index (κ2) is 8.99. The summed E-state index contributed by atoms with van der Waals surface area (Å²) >= 11 is 1.48. The van der Waals surface area contributed by atoms with E-state index in [4.69, 9.17) is 8.94 Å². The molecule has 0 aromatic carbocycles. The standard InChI is InChI=1S/C17H17N5O4S/c1-11-10-14(22-26-11)18-15(23)5-3-9-27-16-7-6-13(20-21-16)19-17(24)12-4-2-8-25-12/h2,4,6-8,10H,3,5,9H2,1H3,(H,18,22,23)(H,19,20,24). The molecule has 0 aliphatic heterocycles. The highest BCUT2D eigenvalue weighted by atomic mass is 32.2. The molecule has 0 bridgehead atoms. The third-order valence-electron chi connectivity index (χ3n) is 3.32. The molecule has 0 fully saturated rings. The van der Waals surface area contributed by atoms with Crippen LogP contribution in [0.5, 0.6) is 0 Å². The number of carbonyl (C=O) groups excluding carboxylic acids is 2. The lowest BCUT2D eigenvalue weighted by Gasteiger charge is -2.03. The van der Waals surface area contributed by atoms with Crippen LogP contribution in [0.25, 0.3) is 0 Å². The average Bonchev–Trinajstić information content (AvgIpc) is 3.32. The van der Waals surface area contributed by atoms with Crippen molar-refractivity contribution in [2.45, 2.75) is 24.8 Å². The zero-order chi connectivity index (χ0) is 19.1. The number of anilines is 2. The van der Waals surface area contributed by atoms with Gasteiger partial charge in [-0.05, 0) is 37.6 Å². The lowest BCUT2D eigenvalue weighted by molar-refractivity contribution is -0.116. The van der Waals surface area contributed by atoms with Gasteiger partial charge >= 0.3 is 0 Å². The molecule has 10 heteroatoms. The van der Waals surface area contributed by atoms with E-state index in [1.807, 2.05) is 0 Å². The normalized spacial score (nSPS) is 10.6. The Bertz CT molecular complexity index is 892. The summed E-state index contributed by atoms with van der Waals surface area (Å²) in [5.41, 5.74) is 0. The second-order valence-corrected chi connectivity index (χ2v) is 6.63. The van der Waals surface area contributed by atoms with Crippen molar-refractivity contribution in [3.8, 4) is 0 Å². The lowest BCUT2D eigenvalue weighted by Crippen LogP contribution is -2.12. The van der Waals surface area contributed by atoms with Crippen LogP contribution in [0.1, 0.15) is 29.2 Å². The van der Waals surface area contributed by atoms with Crippen molar-refractivity contribution in [3.05, 3.63) is 48.1 Å². The van der Waals surface area contributed by atoms with Crippen LogP contribution in [0.15, 0.2) is 50.6 Å². The molecule has 9 nitrogen and oxygen atoms in total. The SMILES string of the molecule is Cc1cc(NC(=O)CCCSc2ccc(NC(=O)c3ccco3)nn2)no1. The van der Waals surface area contributed by atoms with Crippen LogP contribution in [0.3, 0.4) is 0 Å². The Labute approximate surface area is 158 Å². The summed E-state index contributed by atoms with van der Waals surface area (Å²) in [5.74, 6) is 1.80. The van der Waals surface area contributed by atoms with Gasteiger partial charge in [-0.15, -0.1) is 22.0 Å². The number of aromatic nitrogens is 3. The van der Waals surface area contributed by atoms with Crippen molar-refractivity contribution in [1.82, 2.24) is 15.4 Å². The third-order valence-corrected chi connectivity index (χ3v) is 4.33. The maximum Gasteiger partial charge on any atom is 0.292 e. The van der Waals surface area contributed by atoms with E-state index in [0.717, 1.165) is 0 Å². The van der Waals surface area contributed by atoms with Crippen LogP contribution >= 0.6 is 11.8 Å². The molecule has 2 amide bonds. The molecule has 0 saturated carbocycles. The van der Waals surface area contributed by atoms with Gasteiger partial charge < -0.3 is 19.6 Å². The highest BCUT2D eigenvalue weighted by Gasteiger charge is 2.10. The molecular weight excluding hydrogens is 370 g/mol. The van der Waals surface area contributed by atoms with Gasteiger partial charge in [0, 0.05) is 18.2 Å². The zero-order valence-electron chi connectivity index (χ0n) is 14.5. The number of hydrogen-bond acceptors (Lipinski definition) is 8. The fourth-order valence-corrected chi connectivity index (χ4v) is 2.85. The summed E-state index contributed by atoms with van der Waals surface area (Å²) < 4.78 is 9.90. The first kappa shape index (κ1) is 18.6. The van der Waals surface area contributed by atoms with E-state index in [0.29, 0.717) is 41.0 Å². The topological polar surface area (TPSA) is 123 Å².